The Morgan fingerprint density at radius 3 is 2.28 bits per heavy atom. The molecule has 6 N–H and O–H groups in total. The van der Waals surface area contributed by atoms with Gasteiger partial charge in [0.1, 0.15) is 18.3 Å². The third kappa shape index (κ3) is 8.95. The van der Waals surface area contributed by atoms with Gasteiger partial charge in [0, 0.05) is 18.4 Å². The summed E-state index contributed by atoms with van der Waals surface area (Å²) in [4.78, 5) is 12.4. The fourth-order valence-electron chi connectivity index (χ4n) is 5.66. The molecule has 1 fully saturated rings. The first kappa shape index (κ1) is 36.4. The van der Waals surface area contributed by atoms with E-state index in [2.05, 4.69) is 5.32 Å². The van der Waals surface area contributed by atoms with Crippen LogP contribution in [0.4, 0.5) is 4.39 Å². The average molecular weight is 658 g/mol. The molecule has 1 aliphatic heterocycles. The van der Waals surface area contributed by atoms with E-state index in [1.165, 1.54) is 0 Å². The second-order valence-corrected chi connectivity index (χ2v) is 12.6. The number of aliphatic hydroxyl groups is 5. The van der Waals surface area contributed by atoms with Crippen LogP contribution >= 0.6 is 0 Å². The van der Waals surface area contributed by atoms with Gasteiger partial charge in [0.05, 0.1) is 37.6 Å². The van der Waals surface area contributed by atoms with Gasteiger partial charge >= 0.3 is 0 Å². The molecular formula is C35H48FN3O8. The second-order valence-electron chi connectivity index (χ2n) is 12.6. The highest BCUT2D eigenvalue weighted by Gasteiger charge is 2.46. The molecule has 2 aromatic carbocycles. The minimum Gasteiger partial charge on any atom is -0.445 e. The molecule has 3 aromatic rings. The third-order valence-corrected chi connectivity index (χ3v) is 8.74. The van der Waals surface area contributed by atoms with Gasteiger partial charge in [0.2, 0.25) is 18.1 Å². The average Bonchev–Trinajstić information content (AvgIpc) is 3.41. The summed E-state index contributed by atoms with van der Waals surface area (Å²) in [6.45, 7) is 4.81. The first-order valence-corrected chi connectivity index (χ1v) is 16.2. The number of ether oxygens (including phenoxy) is 2. The van der Waals surface area contributed by atoms with E-state index in [1.807, 2.05) is 68.4 Å². The van der Waals surface area contributed by atoms with Crippen molar-refractivity contribution in [3.63, 3.8) is 0 Å². The Bertz CT molecular complexity index is 1400. The Labute approximate surface area is 275 Å². The van der Waals surface area contributed by atoms with E-state index in [0.29, 0.717) is 38.1 Å². The fourth-order valence-corrected chi connectivity index (χ4v) is 5.66. The SMILES string of the molecule is CCC(CO)(CO)NC(=O)CCCc1ccc(Cc2c(C(C)C)nn(Cc3ccccc3)c2O[C@@H]2O[C@H](CO)[C@@H](F)[C@H](O)[C@H]2O)cc1. The summed E-state index contributed by atoms with van der Waals surface area (Å²) >= 11 is 0. The van der Waals surface area contributed by atoms with Crippen LogP contribution < -0.4 is 10.1 Å². The smallest absolute Gasteiger partial charge is 0.231 e. The van der Waals surface area contributed by atoms with Crippen LogP contribution in [-0.4, -0.2) is 97.4 Å². The Balaban J connectivity index is 1.54. The quantitative estimate of drug-likeness (QED) is 0.136. The molecule has 0 aliphatic carbocycles. The van der Waals surface area contributed by atoms with Crippen LogP contribution in [0.15, 0.2) is 54.6 Å². The second kappa shape index (κ2) is 16.6. The summed E-state index contributed by atoms with van der Waals surface area (Å²) in [5, 5.41) is 57.5. The monoisotopic (exact) mass is 657 g/mol. The molecule has 0 unspecified atom stereocenters. The third-order valence-electron chi connectivity index (χ3n) is 8.74. The highest BCUT2D eigenvalue weighted by atomic mass is 19.1. The highest BCUT2D eigenvalue weighted by Crippen LogP contribution is 2.34. The number of nitrogens with zero attached hydrogens (tertiary/aromatic N) is 2. The largest absolute Gasteiger partial charge is 0.445 e. The molecule has 1 aliphatic rings. The minimum atomic E-state index is -1.98. The number of carbonyl (C=O) groups is 1. The highest BCUT2D eigenvalue weighted by molar-refractivity contribution is 5.76. The Morgan fingerprint density at radius 1 is 1.02 bits per heavy atom. The maximum Gasteiger partial charge on any atom is 0.231 e. The van der Waals surface area contributed by atoms with Gasteiger partial charge in [-0.15, -0.1) is 0 Å². The first-order valence-electron chi connectivity index (χ1n) is 16.2. The van der Waals surface area contributed by atoms with Crippen molar-refractivity contribution in [1.82, 2.24) is 15.1 Å². The van der Waals surface area contributed by atoms with Crippen LogP contribution in [0.25, 0.3) is 0 Å². The number of aliphatic hydroxyl groups excluding tert-OH is 5. The number of hydrogen-bond acceptors (Lipinski definition) is 9. The summed E-state index contributed by atoms with van der Waals surface area (Å²) in [5.41, 5.74) is 3.46. The summed E-state index contributed by atoms with van der Waals surface area (Å²) in [5.74, 6) is 0.0904. The Kier molecular flexibility index (Phi) is 12.9. The first-order chi connectivity index (χ1) is 22.5. The predicted octanol–water partition coefficient (Wildman–Crippen LogP) is 2.37. The topological polar surface area (TPSA) is 167 Å². The number of benzene rings is 2. The predicted molar refractivity (Wildman–Crippen MR) is 173 cm³/mol. The van der Waals surface area contributed by atoms with Gasteiger partial charge < -0.3 is 40.3 Å². The molecule has 11 nitrogen and oxygen atoms in total. The van der Waals surface area contributed by atoms with Gasteiger partial charge in [0.25, 0.3) is 0 Å². The van der Waals surface area contributed by atoms with Crippen molar-refractivity contribution >= 4 is 5.91 Å². The van der Waals surface area contributed by atoms with Crippen molar-refractivity contribution in [3.05, 3.63) is 82.5 Å². The van der Waals surface area contributed by atoms with E-state index in [4.69, 9.17) is 14.6 Å². The van der Waals surface area contributed by atoms with E-state index >= 15 is 0 Å². The van der Waals surface area contributed by atoms with Crippen LogP contribution in [-0.2, 0) is 28.9 Å². The molecule has 0 saturated carbocycles. The molecule has 47 heavy (non-hydrogen) atoms. The fraction of sp³-hybridized carbons (Fsp3) is 0.543. The molecule has 0 spiro atoms. The lowest BCUT2D eigenvalue weighted by Crippen LogP contribution is -2.58. The molecule has 2 heterocycles. The number of aryl methyl sites for hydroxylation is 1. The Hall–Kier alpha value is -3.39. The minimum absolute atomic E-state index is 0.00102. The van der Waals surface area contributed by atoms with Gasteiger partial charge in [-0.3, -0.25) is 4.79 Å². The van der Waals surface area contributed by atoms with Gasteiger partial charge in [-0.25, -0.2) is 9.07 Å². The molecule has 0 radical (unpaired) electrons. The van der Waals surface area contributed by atoms with Gasteiger partial charge in [-0.2, -0.15) is 5.10 Å². The van der Waals surface area contributed by atoms with Gasteiger partial charge in [-0.05, 0) is 41.9 Å². The van der Waals surface area contributed by atoms with Crippen LogP contribution in [0.3, 0.4) is 0 Å². The van der Waals surface area contributed by atoms with Crippen LogP contribution in [0.1, 0.15) is 73.9 Å². The summed E-state index contributed by atoms with van der Waals surface area (Å²) < 4.78 is 28.0. The maximum absolute atomic E-state index is 14.5. The zero-order chi connectivity index (χ0) is 34.1. The Morgan fingerprint density at radius 2 is 1.68 bits per heavy atom. The summed E-state index contributed by atoms with van der Waals surface area (Å²) in [6, 6.07) is 17.6. The normalized spacial score (nSPS) is 21.6. The van der Waals surface area contributed by atoms with Crippen molar-refractivity contribution in [2.45, 2.75) is 102 Å². The van der Waals surface area contributed by atoms with Crippen molar-refractivity contribution < 1.29 is 44.2 Å². The number of amides is 1. The number of rotatable bonds is 16. The van der Waals surface area contributed by atoms with Crippen LogP contribution in [0.2, 0.25) is 0 Å². The van der Waals surface area contributed by atoms with Gasteiger partial charge in [-0.1, -0.05) is 75.4 Å². The number of alkyl halides is 1. The number of carbonyl (C=O) groups excluding carboxylic acids is 1. The molecule has 12 heteroatoms. The van der Waals surface area contributed by atoms with E-state index in [0.717, 1.165) is 27.9 Å². The molecule has 1 amide bonds. The van der Waals surface area contributed by atoms with Crippen molar-refractivity contribution in [2.24, 2.45) is 0 Å². The lowest BCUT2D eigenvalue weighted by molar-refractivity contribution is -0.266. The maximum atomic E-state index is 14.5. The summed E-state index contributed by atoms with van der Waals surface area (Å²) in [6.07, 6.45) is -5.95. The van der Waals surface area contributed by atoms with E-state index in [-0.39, 0.29) is 31.5 Å². The van der Waals surface area contributed by atoms with Crippen molar-refractivity contribution in [2.75, 3.05) is 19.8 Å². The van der Waals surface area contributed by atoms with E-state index in [9.17, 15) is 34.7 Å². The number of aromatic nitrogens is 2. The van der Waals surface area contributed by atoms with Crippen molar-refractivity contribution in [1.29, 1.82) is 0 Å². The molecule has 4 rings (SSSR count). The van der Waals surface area contributed by atoms with Crippen LogP contribution in [0.5, 0.6) is 5.88 Å². The van der Waals surface area contributed by atoms with E-state index in [1.54, 1.807) is 11.6 Å². The molecule has 1 saturated heterocycles. The molecule has 0 bridgehead atoms. The van der Waals surface area contributed by atoms with Gasteiger partial charge in [0.15, 0.2) is 6.17 Å². The standard InChI is InChI=1S/C35H48FN3O8/c1-4-35(20-41,21-42)37-28(43)12-8-11-23-13-15-24(16-14-23)17-26-30(22(2)3)38-39(18-25-9-6-5-7-10-25)33(26)47-34-32(45)31(44)29(36)27(19-40)46-34/h5-7,9-10,13-16,22,27,29,31-32,34,40-42,44-45H,4,8,11-12,17-21H2,1-3H3,(H,37,43)/t27-,29-,31+,32-,34+/m1/s1. The zero-order valence-electron chi connectivity index (χ0n) is 27.3. The number of halogens is 1. The summed E-state index contributed by atoms with van der Waals surface area (Å²) in [7, 11) is 0. The molecule has 5 atom stereocenters. The lowest BCUT2D eigenvalue weighted by atomic mass is 9.97. The van der Waals surface area contributed by atoms with Crippen LogP contribution in [0, 0.1) is 0 Å². The molecular weight excluding hydrogens is 609 g/mol. The lowest BCUT2D eigenvalue weighted by Gasteiger charge is -2.38. The molecule has 258 valence electrons. The zero-order valence-corrected chi connectivity index (χ0v) is 27.3. The van der Waals surface area contributed by atoms with Crippen molar-refractivity contribution in [3.8, 4) is 5.88 Å². The molecule has 1 aromatic heterocycles. The van der Waals surface area contributed by atoms with E-state index < -0.39 is 42.9 Å². The number of nitrogens with one attached hydrogen (secondary N) is 1. The number of hydrogen-bond donors (Lipinski definition) is 6.